The molecule has 2 aromatic heterocycles. The number of guanidine groups is 1. The molecule has 0 amide bonds. The smallest absolute Gasteiger partial charge is 0.337 e. The molecule has 0 radical (unpaired) electrons. The molecule has 0 bridgehead atoms. The van der Waals surface area contributed by atoms with Gasteiger partial charge in [0.2, 0.25) is 0 Å². The van der Waals surface area contributed by atoms with Crippen LogP contribution in [0.2, 0.25) is 0 Å². The molecule has 22 heteroatoms. The van der Waals surface area contributed by atoms with Crippen LogP contribution in [0.5, 0.6) is 0 Å². The van der Waals surface area contributed by atoms with Gasteiger partial charge in [-0.05, 0) is 46.6 Å². The molecule has 1 atom stereocenters. The lowest BCUT2D eigenvalue weighted by Crippen LogP contribution is -2.40. The number of likely N-dealkylation sites (N-methyl/N-ethyl adjacent to an activating group) is 2. The van der Waals surface area contributed by atoms with Gasteiger partial charge in [-0.2, -0.15) is 0 Å². The minimum Gasteiger partial charge on any atom is -0.478 e. The Bertz CT molecular complexity index is 1310. The number of thioether (sulfide) groups is 1. The molecular weight excluding hydrogens is 735 g/mol. The van der Waals surface area contributed by atoms with E-state index in [2.05, 4.69) is 51.9 Å². The molecule has 0 spiro atoms. The second-order valence-electron chi connectivity index (χ2n) is 10.5. The summed E-state index contributed by atoms with van der Waals surface area (Å²) >= 11 is 1.29. The average molecular weight is 796 g/mol. The van der Waals surface area contributed by atoms with Crippen molar-refractivity contribution in [1.82, 2.24) is 36.6 Å². The van der Waals surface area contributed by atoms with Crippen molar-refractivity contribution in [2.75, 3.05) is 92.1 Å². The largest absolute Gasteiger partial charge is 0.478 e. The van der Waals surface area contributed by atoms with E-state index < -0.39 is 30.5 Å². The summed E-state index contributed by atoms with van der Waals surface area (Å²) in [4.78, 5) is 36.7. The maximum atomic E-state index is 12.8. The second kappa shape index (κ2) is 34.6. The number of aliphatic hydroxyl groups is 1. The Kier molecular flexibility index (Phi) is 34.7. The fourth-order valence-electron chi connectivity index (χ4n) is 3.30. The summed E-state index contributed by atoms with van der Waals surface area (Å²) in [6.45, 7) is 2.54. The molecular formula is C32H60F3N13O5S. The first-order valence-electron chi connectivity index (χ1n) is 16.1. The lowest BCUT2D eigenvalue weighted by molar-refractivity contribution is 0.0685. The van der Waals surface area contributed by atoms with E-state index in [4.69, 9.17) is 32.5 Å². The standard InChI is InChI=1S/C10H11FN4O2.C8H9N3O2S.C5H13FN2.C5H14N2O.C3H9FN2.CH4/c11-7-3-13-10(14-4-7)15-8-1-6(9(16)17)2-12-5-8;1-14-8(9)11-6-2-5(7(12)13)3-10-4-6;1-7-3-5(6)4-8-2;1-6-3-5(8)4-7-2;4-3(1-5)2-6;/h1-2,5,7H,3-4H2,(H,16,17)(H2,13,14,15);2-4H,1H3,(H2,9,11)(H,12,13);5,7-8H,3-4H2,1-2H3;5-8H,3-4H2,1-2H3;3H,1-2,5-6H2;1H4. The number of anilines is 1. The maximum absolute atomic E-state index is 12.8. The number of nitrogens with zero attached hydrogens (tertiary/aromatic N) is 4. The first-order valence-corrected chi connectivity index (χ1v) is 17.3. The zero-order chi connectivity index (χ0) is 40.6. The SMILES string of the molecule is C.CNCC(F)CNC.CNCC(O)CNC.CSC(N)=Nc1cncc(C(=O)O)c1.NCC(F)CN.O=C(O)c1cncc(NC2=NCC(F)CN2)c1. The molecule has 1 aliphatic heterocycles. The monoisotopic (exact) mass is 795 g/mol. The van der Waals surface area contributed by atoms with Gasteiger partial charge >= 0.3 is 11.9 Å². The summed E-state index contributed by atoms with van der Waals surface area (Å²) < 4.78 is 36.7. The molecule has 0 fully saturated rings. The highest BCUT2D eigenvalue weighted by Gasteiger charge is 2.14. The van der Waals surface area contributed by atoms with Crippen LogP contribution in [-0.4, -0.2) is 160 Å². The Labute approximate surface area is 319 Å². The van der Waals surface area contributed by atoms with E-state index in [-0.39, 0.29) is 50.8 Å². The summed E-state index contributed by atoms with van der Waals surface area (Å²) in [6.07, 6.45) is 4.21. The molecule has 310 valence electrons. The van der Waals surface area contributed by atoms with Crippen molar-refractivity contribution in [2.24, 2.45) is 27.2 Å². The predicted octanol–water partition coefficient (Wildman–Crippen LogP) is 0.00540. The molecule has 1 aliphatic rings. The maximum Gasteiger partial charge on any atom is 0.337 e. The number of carboxylic acid groups (broad SMARTS) is 2. The molecule has 3 heterocycles. The summed E-state index contributed by atoms with van der Waals surface area (Å²) in [5.41, 5.74) is 16.2. The van der Waals surface area contributed by atoms with Crippen molar-refractivity contribution in [3.8, 4) is 0 Å². The van der Waals surface area contributed by atoms with Gasteiger partial charge in [0.1, 0.15) is 18.5 Å². The third kappa shape index (κ3) is 29.3. The van der Waals surface area contributed by atoms with Crippen LogP contribution < -0.4 is 49.1 Å². The van der Waals surface area contributed by atoms with Gasteiger partial charge in [0.15, 0.2) is 11.1 Å². The van der Waals surface area contributed by atoms with Gasteiger partial charge in [-0.1, -0.05) is 19.2 Å². The van der Waals surface area contributed by atoms with E-state index >= 15 is 0 Å². The fourth-order valence-corrected chi connectivity index (χ4v) is 3.49. The Morgan fingerprint density at radius 3 is 1.81 bits per heavy atom. The number of hydrogen-bond acceptors (Lipinski definition) is 16. The molecule has 2 aromatic rings. The van der Waals surface area contributed by atoms with Crippen molar-refractivity contribution in [3.63, 3.8) is 0 Å². The molecule has 0 saturated carbocycles. The number of nitrogens with two attached hydrogens (primary N) is 3. The fraction of sp³-hybridized carbons (Fsp3) is 0.562. The van der Waals surface area contributed by atoms with Gasteiger partial charge in [-0.3, -0.25) is 9.97 Å². The topological polar surface area (TPSA) is 296 Å². The molecule has 0 aromatic carbocycles. The van der Waals surface area contributed by atoms with Crippen LogP contribution in [0.4, 0.5) is 24.5 Å². The first-order chi connectivity index (χ1) is 25.2. The summed E-state index contributed by atoms with van der Waals surface area (Å²) in [6, 6.07) is 2.85. The number of rotatable bonds is 14. The van der Waals surface area contributed by atoms with E-state index in [1.165, 1.54) is 48.7 Å². The Morgan fingerprint density at radius 2 is 1.41 bits per heavy atom. The molecule has 1 unspecified atom stereocenters. The quantitative estimate of drug-likeness (QED) is 0.0885. The number of aliphatic hydroxyl groups excluding tert-OH is 1. The van der Waals surface area contributed by atoms with Gasteiger partial charge in [0.25, 0.3) is 0 Å². The molecule has 54 heavy (non-hydrogen) atoms. The van der Waals surface area contributed by atoms with Crippen molar-refractivity contribution >= 4 is 46.2 Å². The third-order valence-corrected chi connectivity index (χ3v) is 6.36. The van der Waals surface area contributed by atoms with Crippen LogP contribution >= 0.6 is 11.8 Å². The van der Waals surface area contributed by atoms with Crippen LogP contribution in [0.15, 0.2) is 46.9 Å². The van der Waals surface area contributed by atoms with Gasteiger partial charge in [0, 0.05) is 51.7 Å². The highest BCUT2D eigenvalue weighted by molar-refractivity contribution is 8.13. The summed E-state index contributed by atoms with van der Waals surface area (Å²) in [5, 5.41) is 43.6. The second-order valence-corrected chi connectivity index (χ2v) is 11.3. The number of hydrogen-bond donors (Lipinski definition) is 12. The van der Waals surface area contributed by atoms with E-state index in [9.17, 15) is 22.8 Å². The lowest BCUT2D eigenvalue weighted by Gasteiger charge is -2.18. The number of halogens is 3. The van der Waals surface area contributed by atoms with E-state index in [0.29, 0.717) is 48.7 Å². The van der Waals surface area contributed by atoms with Gasteiger partial charge < -0.3 is 64.4 Å². The van der Waals surface area contributed by atoms with Crippen molar-refractivity contribution in [1.29, 1.82) is 0 Å². The predicted molar refractivity (Wildman–Crippen MR) is 212 cm³/mol. The Hall–Kier alpha value is -4.16. The highest BCUT2D eigenvalue weighted by atomic mass is 32.2. The van der Waals surface area contributed by atoms with E-state index in [0.717, 1.165) is 0 Å². The number of aromatic carboxylic acids is 2. The van der Waals surface area contributed by atoms with Crippen molar-refractivity contribution in [3.05, 3.63) is 48.0 Å². The Balaban J connectivity index is -0.000000635. The van der Waals surface area contributed by atoms with Crippen LogP contribution in [0.1, 0.15) is 28.1 Å². The average Bonchev–Trinajstić information content (AvgIpc) is 3.14. The van der Waals surface area contributed by atoms with Crippen LogP contribution in [-0.2, 0) is 0 Å². The number of carboxylic acids is 2. The van der Waals surface area contributed by atoms with Gasteiger partial charge in [-0.25, -0.2) is 32.7 Å². The minimum absolute atomic E-state index is 0. The number of aromatic nitrogens is 2. The Morgan fingerprint density at radius 1 is 0.907 bits per heavy atom. The minimum atomic E-state index is -1.05. The van der Waals surface area contributed by atoms with E-state index in [1.807, 2.05) is 14.1 Å². The molecule has 3 rings (SSSR count). The molecule has 0 aliphatic carbocycles. The first kappa shape index (κ1) is 54.2. The van der Waals surface area contributed by atoms with Gasteiger partial charge in [0.05, 0.1) is 54.1 Å². The molecule has 18 nitrogen and oxygen atoms in total. The number of nitrogens with one attached hydrogen (secondary N) is 6. The zero-order valence-corrected chi connectivity index (χ0v) is 31.5. The number of aliphatic imine (C=N–C) groups is 2. The highest BCUT2D eigenvalue weighted by Crippen LogP contribution is 2.13. The third-order valence-electron chi connectivity index (χ3n) is 5.85. The zero-order valence-electron chi connectivity index (χ0n) is 30.7. The number of carbonyl (C=O) groups is 2. The van der Waals surface area contributed by atoms with Gasteiger partial charge in [-0.15, -0.1) is 0 Å². The van der Waals surface area contributed by atoms with Crippen molar-refractivity contribution in [2.45, 2.75) is 32.0 Å². The summed E-state index contributed by atoms with van der Waals surface area (Å²) in [7, 11) is 7.11. The van der Waals surface area contributed by atoms with Crippen LogP contribution in [0, 0.1) is 0 Å². The van der Waals surface area contributed by atoms with Crippen LogP contribution in [0.25, 0.3) is 0 Å². The number of pyridine rings is 2. The van der Waals surface area contributed by atoms with E-state index in [1.54, 1.807) is 20.4 Å². The van der Waals surface area contributed by atoms with Crippen molar-refractivity contribution < 1.29 is 38.1 Å². The molecule has 0 saturated heterocycles. The summed E-state index contributed by atoms with van der Waals surface area (Å²) in [5.74, 6) is -1.66. The normalized spacial score (nSPS) is 13.2. The number of amidine groups is 1. The van der Waals surface area contributed by atoms with Crippen LogP contribution in [0.3, 0.4) is 0 Å². The molecule has 15 N–H and O–H groups in total. The lowest BCUT2D eigenvalue weighted by atomic mass is 10.2. The number of alkyl halides is 3.